The second kappa shape index (κ2) is 20.9. The Hall–Kier alpha value is -4.02. The summed E-state index contributed by atoms with van der Waals surface area (Å²) in [6.45, 7) is 0. The van der Waals surface area contributed by atoms with E-state index < -0.39 is 0 Å². The van der Waals surface area contributed by atoms with Crippen LogP contribution in [-0.4, -0.2) is 22.6 Å². The van der Waals surface area contributed by atoms with Crippen LogP contribution < -0.4 is 15.5 Å². The van der Waals surface area contributed by atoms with Gasteiger partial charge >= 0.3 is 0 Å². The van der Waals surface area contributed by atoms with Crippen LogP contribution in [0, 0.1) is 0 Å². The van der Waals surface area contributed by atoms with Gasteiger partial charge in [-0.1, -0.05) is 202 Å². The van der Waals surface area contributed by atoms with Crippen LogP contribution >= 0.6 is 15.8 Å². The van der Waals surface area contributed by atoms with Gasteiger partial charge in [0.25, 0.3) is 0 Å². The van der Waals surface area contributed by atoms with E-state index in [1.807, 2.05) is 0 Å². The highest BCUT2D eigenvalue weighted by molar-refractivity contribution is 7.67. The minimum atomic E-state index is -0.197. The van der Waals surface area contributed by atoms with Crippen molar-refractivity contribution in [3.05, 3.63) is 152 Å². The predicted molar refractivity (Wildman–Crippen MR) is 278 cm³/mol. The Bertz CT molecular complexity index is 2290. The van der Waals surface area contributed by atoms with Crippen LogP contribution in [0.5, 0.6) is 0 Å². The maximum atomic E-state index is 2.61. The third-order valence-corrected chi connectivity index (χ3v) is 22.4. The van der Waals surface area contributed by atoms with Crippen molar-refractivity contribution in [3.8, 4) is 33.4 Å². The molecule has 4 saturated carbocycles. The summed E-state index contributed by atoms with van der Waals surface area (Å²) < 4.78 is 0. The fraction of sp³-hybridized carbons (Fsp3) is 0.400. The topological polar surface area (TPSA) is 3.24 Å². The lowest BCUT2D eigenvalue weighted by molar-refractivity contribution is 0.487. The number of benzene rings is 6. The van der Waals surface area contributed by atoms with Crippen molar-refractivity contribution in [1.29, 1.82) is 0 Å². The molecule has 0 heterocycles. The normalized spacial score (nSPS) is 18.5. The van der Waals surface area contributed by atoms with Crippen LogP contribution in [-0.2, 0) is 0 Å². The van der Waals surface area contributed by atoms with Crippen LogP contribution in [0.15, 0.2) is 152 Å². The second-order valence-electron chi connectivity index (χ2n) is 19.4. The molecule has 4 fully saturated rings. The highest BCUT2D eigenvalue weighted by Gasteiger charge is 2.34. The average molecular weight is 866 g/mol. The van der Waals surface area contributed by atoms with Gasteiger partial charge in [0.1, 0.15) is 0 Å². The van der Waals surface area contributed by atoms with E-state index in [2.05, 4.69) is 157 Å². The molecule has 10 rings (SSSR count). The van der Waals surface area contributed by atoms with E-state index in [0.717, 1.165) is 22.6 Å². The Morgan fingerprint density at radius 3 is 1.17 bits per heavy atom. The molecule has 0 unspecified atom stereocenters. The molecule has 63 heavy (non-hydrogen) atoms. The molecule has 0 atom stereocenters. The first-order chi connectivity index (χ1) is 31.3. The molecular weight excluding hydrogens is 797 g/mol. The molecule has 0 bridgehead atoms. The highest BCUT2D eigenvalue weighted by Crippen LogP contribution is 2.57. The third-order valence-electron chi connectivity index (χ3n) is 15.3. The SMILES string of the molecule is c1ccc(-c2ccc(N(c3ccc(-c4cccc(P(C5CCCCC5)C5CCCCC5)c4)cc3)c3ccc(-c4ccccc4P(C4CCCCC4)C4CCCCC4)cc3)cc2)cc1. The minimum absolute atomic E-state index is 0.136. The first kappa shape index (κ1) is 42.9. The maximum absolute atomic E-state index is 2.61. The van der Waals surface area contributed by atoms with Gasteiger partial charge in [-0.3, -0.25) is 0 Å². The van der Waals surface area contributed by atoms with E-state index in [1.165, 1.54) is 179 Å². The van der Waals surface area contributed by atoms with Gasteiger partial charge in [0.15, 0.2) is 0 Å². The number of rotatable bonds is 12. The molecule has 1 nitrogen and oxygen atoms in total. The summed E-state index contributed by atoms with van der Waals surface area (Å²) in [6.07, 6.45) is 28.6. The Labute approximate surface area is 382 Å². The van der Waals surface area contributed by atoms with Crippen LogP contribution in [0.1, 0.15) is 128 Å². The summed E-state index contributed by atoms with van der Waals surface area (Å²) in [4.78, 5) is 2.47. The Morgan fingerprint density at radius 2 is 0.683 bits per heavy atom. The zero-order valence-electron chi connectivity index (χ0n) is 37.7. The van der Waals surface area contributed by atoms with E-state index in [0.29, 0.717) is 0 Å². The predicted octanol–water partition coefficient (Wildman–Crippen LogP) is 17.7. The number of hydrogen-bond acceptors (Lipinski definition) is 1. The van der Waals surface area contributed by atoms with Gasteiger partial charge in [-0.15, -0.1) is 0 Å². The van der Waals surface area contributed by atoms with Gasteiger partial charge in [-0.05, 0) is 160 Å². The van der Waals surface area contributed by atoms with Gasteiger partial charge in [-0.25, -0.2) is 0 Å². The monoisotopic (exact) mass is 865 g/mol. The lowest BCUT2D eigenvalue weighted by atomic mass is 9.99. The summed E-state index contributed by atoms with van der Waals surface area (Å²) in [6, 6.07) is 58.5. The number of anilines is 3. The molecule has 0 saturated heterocycles. The van der Waals surface area contributed by atoms with Crippen LogP contribution in [0.2, 0.25) is 0 Å². The fourth-order valence-corrected chi connectivity index (χ4v) is 19.9. The summed E-state index contributed by atoms with van der Waals surface area (Å²) in [5.74, 6) is 0. The minimum Gasteiger partial charge on any atom is -0.311 e. The number of nitrogens with zero attached hydrogens (tertiary/aromatic N) is 1. The van der Waals surface area contributed by atoms with Crippen molar-refractivity contribution in [2.45, 2.75) is 151 Å². The smallest absolute Gasteiger partial charge is 0.0462 e. The molecule has 324 valence electrons. The molecule has 0 N–H and O–H groups in total. The average Bonchev–Trinajstić information content (AvgIpc) is 3.37. The van der Waals surface area contributed by atoms with Crippen LogP contribution in [0.25, 0.3) is 33.4 Å². The van der Waals surface area contributed by atoms with Gasteiger partial charge in [-0.2, -0.15) is 0 Å². The number of hydrogen-bond donors (Lipinski definition) is 0. The maximum Gasteiger partial charge on any atom is 0.0462 e. The summed E-state index contributed by atoms with van der Waals surface area (Å²) >= 11 is 0. The molecule has 0 amide bonds. The van der Waals surface area contributed by atoms with Crippen molar-refractivity contribution < 1.29 is 0 Å². The second-order valence-corrected chi connectivity index (χ2v) is 24.9. The van der Waals surface area contributed by atoms with Gasteiger partial charge in [0.05, 0.1) is 0 Å². The van der Waals surface area contributed by atoms with Crippen molar-refractivity contribution in [2.24, 2.45) is 0 Å². The first-order valence-corrected chi connectivity index (χ1v) is 28.2. The molecule has 4 aliphatic rings. The fourth-order valence-electron chi connectivity index (χ4n) is 12.1. The zero-order valence-corrected chi connectivity index (χ0v) is 39.5. The molecule has 0 aliphatic heterocycles. The zero-order chi connectivity index (χ0) is 42.2. The lowest BCUT2D eigenvalue weighted by Gasteiger charge is -2.39. The van der Waals surface area contributed by atoms with Gasteiger partial charge in [0, 0.05) is 17.1 Å². The standard InChI is InChI=1S/C60H69NP2/c1-6-19-46(20-7-1)47-33-39-51(40-34-47)61(52-41-35-48(36-42-52)50-21-18-30-58(45-50)62(54-22-8-2-9-23-54)55-24-10-3-11-25-55)53-43-37-49(38-44-53)59-31-16-17-32-60(59)63(56-26-12-4-13-27-56)57-28-14-5-15-29-57/h1,6-7,16-21,30-45,54-57H,2-5,8-15,22-29H2. The van der Waals surface area contributed by atoms with Gasteiger partial charge < -0.3 is 4.90 Å². The first-order valence-electron chi connectivity index (χ1n) is 25.2. The summed E-state index contributed by atoms with van der Waals surface area (Å²) in [5, 5.41) is 3.34. The van der Waals surface area contributed by atoms with E-state index >= 15 is 0 Å². The third kappa shape index (κ3) is 9.97. The van der Waals surface area contributed by atoms with E-state index in [-0.39, 0.29) is 15.8 Å². The van der Waals surface area contributed by atoms with E-state index in [1.54, 1.807) is 10.6 Å². The van der Waals surface area contributed by atoms with Crippen LogP contribution in [0.4, 0.5) is 17.1 Å². The summed E-state index contributed by atoms with van der Waals surface area (Å²) in [5.41, 5.74) is 15.2. The Kier molecular flexibility index (Phi) is 14.2. The van der Waals surface area contributed by atoms with Crippen LogP contribution in [0.3, 0.4) is 0 Å². The highest BCUT2D eigenvalue weighted by atomic mass is 31.1. The molecule has 6 aromatic carbocycles. The molecule has 0 spiro atoms. The van der Waals surface area contributed by atoms with Gasteiger partial charge in [0.2, 0.25) is 0 Å². The molecular formula is C60H69NP2. The molecule has 4 aliphatic carbocycles. The quantitative estimate of drug-likeness (QED) is 0.111. The lowest BCUT2D eigenvalue weighted by Crippen LogP contribution is -2.27. The largest absolute Gasteiger partial charge is 0.311 e. The molecule has 3 heteroatoms. The molecule has 6 aromatic rings. The van der Waals surface area contributed by atoms with Crippen molar-refractivity contribution >= 4 is 43.5 Å². The van der Waals surface area contributed by atoms with Crippen molar-refractivity contribution in [1.82, 2.24) is 0 Å². The van der Waals surface area contributed by atoms with Crippen molar-refractivity contribution in [3.63, 3.8) is 0 Å². The molecule has 0 aromatic heterocycles. The van der Waals surface area contributed by atoms with E-state index in [4.69, 9.17) is 0 Å². The van der Waals surface area contributed by atoms with Crippen molar-refractivity contribution in [2.75, 3.05) is 4.90 Å². The Balaban J connectivity index is 0.976. The molecule has 0 radical (unpaired) electrons. The van der Waals surface area contributed by atoms with E-state index in [9.17, 15) is 0 Å². The summed E-state index contributed by atoms with van der Waals surface area (Å²) in [7, 11) is -0.333. The Morgan fingerprint density at radius 1 is 0.302 bits per heavy atom.